The number of aryl methyl sites for hydroxylation is 1. The Kier molecular flexibility index (Phi) is 4.42. The summed E-state index contributed by atoms with van der Waals surface area (Å²) in [5, 5.41) is 0. The molecular formula is C16H16FNO3. The third-order valence-corrected chi connectivity index (χ3v) is 3.16. The quantitative estimate of drug-likeness (QED) is 0.694. The van der Waals surface area contributed by atoms with E-state index in [-0.39, 0.29) is 17.7 Å². The van der Waals surface area contributed by atoms with Gasteiger partial charge in [0.1, 0.15) is 18.2 Å². The van der Waals surface area contributed by atoms with Gasteiger partial charge in [0.05, 0.1) is 12.7 Å². The molecule has 2 aromatic rings. The van der Waals surface area contributed by atoms with Crippen LogP contribution < -0.4 is 10.5 Å². The zero-order valence-electron chi connectivity index (χ0n) is 11.9. The molecule has 4 nitrogen and oxygen atoms in total. The van der Waals surface area contributed by atoms with E-state index in [9.17, 15) is 9.18 Å². The summed E-state index contributed by atoms with van der Waals surface area (Å²) in [6, 6.07) is 9.46. The van der Waals surface area contributed by atoms with Crippen molar-refractivity contribution in [1.29, 1.82) is 0 Å². The molecule has 2 aromatic carbocycles. The molecular weight excluding hydrogens is 273 g/mol. The molecule has 0 heterocycles. The number of methoxy groups -OCH3 is 1. The number of carbonyl (C=O) groups excluding carboxylic acids is 1. The van der Waals surface area contributed by atoms with Gasteiger partial charge in [-0.25, -0.2) is 9.18 Å². The number of hydrogen-bond donors (Lipinski definition) is 1. The molecule has 0 aliphatic heterocycles. The van der Waals surface area contributed by atoms with Crippen LogP contribution in [0.4, 0.5) is 10.1 Å². The molecule has 0 spiro atoms. The zero-order chi connectivity index (χ0) is 15.4. The predicted octanol–water partition coefficient (Wildman–Crippen LogP) is 3.08. The highest BCUT2D eigenvalue weighted by Crippen LogP contribution is 2.20. The molecule has 0 unspecified atom stereocenters. The van der Waals surface area contributed by atoms with Crippen molar-refractivity contribution in [3.63, 3.8) is 0 Å². The Morgan fingerprint density at radius 1 is 1.29 bits per heavy atom. The highest BCUT2D eigenvalue weighted by Gasteiger charge is 2.13. The molecule has 0 aliphatic carbocycles. The maximum absolute atomic E-state index is 13.7. The summed E-state index contributed by atoms with van der Waals surface area (Å²) in [5.41, 5.74) is 7.55. The van der Waals surface area contributed by atoms with Crippen molar-refractivity contribution < 1.29 is 18.7 Å². The number of carbonyl (C=O) groups is 1. The van der Waals surface area contributed by atoms with Crippen molar-refractivity contribution in [3.05, 3.63) is 58.9 Å². The fourth-order valence-corrected chi connectivity index (χ4v) is 1.85. The van der Waals surface area contributed by atoms with Crippen molar-refractivity contribution in [2.24, 2.45) is 0 Å². The predicted molar refractivity (Wildman–Crippen MR) is 77.7 cm³/mol. The van der Waals surface area contributed by atoms with Crippen molar-refractivity contribution in [2.75, 3.05) is 12.8 Å². The summed E-state index contributed by atoms with van der Waals surface area (Å²) in [7, 11) is 1.45. The van der Waals surface area contributed by atoms with Gasteiger partial charge in [-0.1, -0.05) is 12.1 Å². The van der Waals surface area contributed by atoms with E-state index in [0.29, 0.717) is 11.4 Å². The Hall–Kier alpha value is -2.56. The molecule has 0 fully saturated rings. The minimum absolute atomic E-state index is 0.165. The number of para-hydroxylation sites is 1. The molecule has 0 atom stereocenters. The highest BCUT2D eigenvalue weighted by atomic mass is 19.1. The first kappa shape index (κ1) is 14.8. The van der Waals surface area contributed by atoms with Gasteiger partial charge in [-0.2, -0.15) is 0 Å². The second kappa shape index (κ2) is 6.26. The summed E-state index contributed by atoms with van der Waals surface area (Å²) >= 11 is 0. The number of anilines is 1. The molecule has 0 amide bonds. The van der Waals surface area contributed by atoms with Crippen molar-refractivity contribution >= 4 is 11.7 Å². The normalized spacial score (nSPS) is 10.2. The Labute approximate surface area is 122 Å². The number of ether oxygens (including phenoxy) is 2. The first-order valence-electron chi connectivity index (χ1n) is 6.37. The average Bonchev–Trinajstić information content (AvgIpc) is 2.48. The number of rotatable bonds is 4. The van der Waals surface area contributed by atoms with Gasteiger partial charge >= 0.3 is 5.97 Å². The van der Waals surface area contributed by atoms with Gasteiger partial charge < -0.3 is 15.2 Å². The Morgan fingerprint density at radius 3 is 2.71 bits per heavy atom. The Balaban J connectivity index is 2.09. The van der Waals surface area contributed by atoms with Gasteiger partial charge in [0.2, 0.25) is 0 Å². The van der Waals surface area contributed by atoms with Crippen LogP contribution >= 0.6 is 0 Å². The van der Waals surface area contributed by atoms with E-state index in [2.05, 4.69) is 0 Å². The van der Waals surface area contributed by atoms with Crippen molar-refractivity contribution in [1.82, 2.24) is 0 Å². The molecule has 0 radical (unpaired) electrons. The number of hydrogen-bond acceptors (Lipinski definition) is 4. The summed E-state index contributed by atoms with van der Waals surface area (Å²) < 4.78 is 23.8. The third kappa shape index (κ3) is 3.31. The molecule has 21 heavy (non-hydrogen) atoms. The van der Waals surface area contributed by atoms with Crippen LogP contribution in [0.15, 0.2) is 36.4 Å². The molecule has 2 N–H and O–H groups in total. The third-order valence-electron chi connectivity index (χ3n) is 3.16. The first-order chi connectivity index (χ1) is 10.0. The molecule has 0 aromatic heterocycles. The minimum Gasteiger partial charge on any atom is -0.497 e. The van der Waals surface area contributed by atoms with E-state index < -0.39 is 11.8 Å². The zero-order valence-corrected chi connectivity index (χ0v) is 11.9. The van der Waals surface area contributed by atoms with Gasteiger partial charge in [-0.05, 0) is 30.7 Å². The number of halogens is 1. The van der Waals surface area contributed by atoms with Crippen LogP contribution in [0, 0.1) is 12.7 Å². The van der Waals surface area contributed by atoms with Gasteiger partial charge in [0, 0.05) is 17.3 Å². The number of esters is 1. The minimum atomic E-state index is -0.577. The monoisotopic (exact) mass is 289 g/mol. The van der Waals surface area contributed by atoms with Crippen LogP contribution in [0.2, 0.25) is 0 Å². The summed E-state index contributed by atoms with van der Waals surface area (Å²) in [6.45, 7) is 1.64. The number of nitrogen functional groups attached to an aromatic ring is 1. The van der Waals surface area contributed by atoms with E-state index in [0.717, 1.165) is 5.56 Å². The molecule has 0 saturated heterocycles. The van der Waals surface area contributed by atoms with Crippen LogP contribution in [0.3, 0.4) is 0 Å². The van der Waals surface area contributed by atoms with E-state index in [4.69, 9.17) is 15.2 Å². The first-order valence-corrected chi connectivity index (χ1v) is 6.37. The van der Waals surface area contributed by atoms with Crippen LogP contribution in [0.5, 0.6) is 5.75 Å². The SMILES string of the molecule is COc1ccc(COC(=O)c2cccc(C)c2N)c(F)c1. The lowest BCUT2D eigenvalue weighted by Crippen LogP contribution is -2.09. The van der Waals surface area contributed by atoms with E-state index in [1.165, 1.54) is 19.2 Å². The van der Waals surface area contributed by atoms with Crippen LogP contribution in [-0.2, 0) is 11.3 Å². The van der Waals surface area contributed by atoms with E-state index in [1.807, 2.05) is 0 Å². The smallest absolute Gasteiger partial charge is 0.340 e. The topological polar surface area (TPSA) is 61.5 Å². The van der Waals surface area contributed by atoms with Gasteiger partial charge in [0.25, 0.3) is 0 Å². The van der Waals surface area contributed by atoms with Crippen molar-refractivity contribution in [3.8, 4) is 5.75 Å². The summed E-state index contributed by atoms with van der Waals surface area (Å²) in [4.78, 5) is 12.0. The van der Waals surface area contributed by atoms with Gasteiger partial charge in [-0.3, -0.25) is 0 Å². The second-order valence-electron chi connectivity index (χ2n) is 4.57. The maximum Gasteiger partial charge on any atom is 0.340 e. The van der Waals surface area contributed by atoms with Crippen LogP contribution in [-0.4, -0.2) is 13.1 Å². The molecule has 5 heteroatoms. The Morgan fingerprint density at radius 2 is 2.05 bits per heavy atom. The molecule has 0 saturated carbocycles. The van der Waals surface area contributed by atoms with E-state index >= 15 is 0 Å². The Bertz CT molecular complexity index is 671. The lowest BCUT2D eigenvalue weighted by molar-refractivity contribution is 0.0470. The van der Waals surface area contributed by atoms with Gasteiger partial charge in [-0.15, -0.1) is 0 Å². The maximum atomic E-state index is 13.7. The van der Waals surface area contributed by atoms with Gasteiger partial charge in [0.15, 0.2) is 0 Å². The molecule has 2 rings (SSSR count). The summed E-state index contributed by atoms with van der Waals surface area (Å²) in [5.74, 6) is -0.656. The number of benzene rings is 2. The largest absolute Gasteiger partial charge is 0.497 e. The standard InChI is InChI=1S/C16H16FNO3/c1-10-4-3-5-13(15(10)18)16(19)21-9-11-6-7-12(20-2)8-14(11)17/h3-8H,9,18H2,1-2H3. The number of nitrogens with two attached hydrogens (primary N) is 1. The fourth-order valence-electron chi connectivity index (χ4n) is 1.85. The van der Waals surface area contributed by atoms with Crippen LogP contribution in [0.1, 0.15) is 21.5 Å². The van der Waals surface area contributed by atoms with Crippen LogP contribution in [0.25, 0.3) is 0 Å². The second-order valence-corrected chi connectivity index (χ2v) is 4.57. The lowest BCUT2D eigenvalue weighted by atomic mass is 10.1. The average molecular weight is 289 g/mol. The summed E-state index contributed by atoms with van der Waals surface area (Å²) in [6.07, 6.45) is 0. The molecule has 0 bridgehead atoms. The molecule has 110 valence electrons. The van der Waals surface area contributed by atoms with Crippen molar-refractivity contribution in [2.45, 2.75) is 13.5 Å². The lowest BCUT2D eigenvalue weighted by Gasteiger charge is -2.10. The fraction of sp³-hybridized carbons (Fsp3) is 0.188. The van der Waals surface area contributed by atoms with E-state index in [1.54, 1.807) is 31.2 Å². The molecule has 0 aliphatic rings. The highest BCUT2D eigenvalue weighted by molar-refractivity contribution is 5.95.